The fourth-order valence-electron chi connectivity index (χ4n) is 1.26. The van der Waals surface area contributed by atoms with Gasteiger partial charge in [-0.05, 0) is 20.8 Å². The minimum atomic E-state index is -2.62. The quantitative estimate of drug-likeness (QED) is 0.670. The molecule has 0 saturated heterocycles. The zero-order valence-corrected chi connectivity index (χ0v) is 12.8. The van der Waals surface area contributed by atoms with E-state index in [0.717, 1.165) is 0 Å². The number of hydrogen-bond acceptors (Lipinski definition) is 4. The van der Waals surface area contributed by atoms with Crippen molar-refractivity contribution in [2.24, 2.45) is 0 Å². The maximum atomic E-state index is 5.70. The lowest BCUT2D eigenvalue weighted by atomic mass is 10.9. The third-order valence-corrected chi connectivity index (χ3v) is 7.76. The van der Waals surface area contributed by atoms with Gasteiger partial charge in [0.05, 0.1) is 0 Å². The van der Waals surface area contributed by atoms with E-state index < -0.39 is 17.2 Å². The Morgan fingerprint density at radius 1 is 0.800 bits per heavy atom. The molecule has 4 nitrogen and oxygen atoms in total. The van der Waals surface area contributed by atoms with Gasteiger partial charge in [-0.15, -0.1) is 0 Å². The van der Waals surface area contributed by atoms with E-state index in [1.54, 1.807) is 0 Å². The SMILES string of the molecule is CCO[Si](N[Si](C)(C)C)(OCC)OCC. The Labute approximate surface area is 95.8 Å². The van der Waals surface area contributed by atoms with Crippen LogP contribution in [0.25, 0.3) is 0 Å². The van der Waals surface area contributed by atoms with Crippen LogP contribution in [0.1, 0.15) is 20.8 Å². The molecule has 0 bridgehead atoms. The summed E-state index contributed by atoms with van der Waals surface area (Å²) in [5, 5.41) is 0. The maximum Gasteiger partial charge on any atom is 0.589 e. The molecule has 0 aliphatic rings. The van der Waals surface area contributed by atoms with Gasteiger partial charge in [-0.3, -0.25) is 4.65 Å². The van der Waals surface area contributed by atoms with E-state index in [0.29, 0.717) is 19.8 Å². The Bertz CT molecular complexity index is 156. The molecular formula is C9H25NO3Si2. The molecule has 0 amide bonds. The molecule has 0 unspecified atom stereocenters. The number of hydrogen-bond donors (Lipinski definition) is 1. The van der Waals surface area contributed by atoms with Crippen LogP contribution in [0.15, 0.2) is 0 Å². The standard InChI is InChI=1S/C9H25NO3Si2/c1-7-11-15(12-8-2,13-9-3)10-14(4,5)6/h10H,7-9H2,1-6H3. The number of nitrogens with one attached hydrogen (secondary N) is 1. The van der Waals surface area contributed by atoms with E-state index in [-0.39, 0.29) is 0 Å². The Morgan fingerprint density at radius 2 is 1.13 bits per heavy atom. The van der Waals surface area contributed by atoms with Crippen molar-refractivity contribution < 1.29 is 13.3 Å². The minimum absolute atomic E-state index is 0.615. The van der Waals surface area contributed by atoms with Crippen LogP contribution in [0, 0.1) is 0 Å². The highest BCUT2D eigenvalue weighted by molar-refractivity contribution is 6.84. The summed E-state index contributed by atoms with van der Waals surface area (Å²) in [6, 6.07) is 0. The van der Waals surface area contributed by atoms with E-state index in [9.17, 15) is 0 Å². The van der Waals surface area contributed by atoms with E-state index >= 15 is 0 Å². The van der Waals surface area contributed by atoms with Gasteiger partial charge in [0, 0.05) is 19.8 Å². The van der Waals surface area contributed by atoms with Crippen LogP contribution >= 0.6 is 0 Å². The van der Waals surface area contributed by atoms with E-state index in [2.05, 4.69) is 24.3 Å². The Balaban J connectivity index is 4.60. The highest BCUT2D eigenvalue weighted by atomic mass is 28.4. The summed E-state index contributed by atoms with van der Waals surface area (Å²) in [5.41, 5.74) is 0. The summed E-state index contributed by atoms with van der Waals surface area (Å²) in [6.07, 6.45) is 0. The van der Waals surface area contributed by atoms with Crippen LogP contribution in [0.2, 0.25) is 19.6 Å². The second-order valence-corrected chi connectivity index (χ2v) is 11.7. The third-order valence-electron chi connectivity index (χ3n) is 1.53. The first kappa shape index (κ1) is 15.3. The second kappa shape index (κ2) is 6.77. The van der Waals surface area contributed by atoms with Crippen LogP contribution in [0.5, 0.6) is 0 Å². The lowest BCUT2D eigenvalue weighted by Crippen LogP contribution is -2.66. The topological polar surface area (TPSA) is 39.7 Å². The van der Waals surface area contributed by atoms with Crippen LogP contribution in [0.4, 0.5) is 0 Å². The monoisotopic (exact) mass is 251 g/mol. The highest BCUT2D eigenvalue weighted by Gasteiger charge is 2.44. The predicted octanol–water partition coefficient (Wildman–Crippen LogP) is 1.96. The van der Waals surface area contributed by atoms with E-state index in [4.69, 9.17) is 13.3 Å². The molecular weight excluding hydrogens is 226 g/mol. The molecule has 0 aliphatic carbocycles. The molecule has 0 atom stereocenters. The smallest absolute Gasteiger partial charge is 0.362 e. The lowest BCUT2D eigenvalue weighted by molar-refractivity contribution is 0.0663. The van der Waals surface area contributed by atoms with Gasteiger partial charge in [0.25, 0.3) is 0 Å². The molecule has 15 heavy (non-hydrogen) atoms. The molecule has 0 aromatic carbocycles. The predicted molar refractivity (Wildman–Crippen MR) is 67.1 cm³/mol. The largest absolute Gasteiger partial charge is 0.589 e. The van der Waals surface area contributed by atoms with E-state index in [1.165, 1.54) is 0 Å². The van der Waals surface area contributed by atoms with Crippen molar-refractivity contribution in [3.05, 3.63) is 0 Å². The fraction of sp³-hybridized carbons (Fsp3) is 1.00. The molecule has 1 N–H and O–H groups in total. The Kier molecular flexibility index (Phi) is 6.89. The van der Waals surface area contributed by atoms with Gasteiger partial charge in [0.1, 0.15) is 8.24 Å². The lowest BCUT2D eigenvalue weighted by Gasteiger charge is -2.33. The molecule has 0 saturated carbocycles. The summed E-state index contributed by atoms with van der Waals surface area (Å²) in [5.74, 6) is 0. The molecule has 0 spiro atoms. The van der Waals surface area contributed by atoms with Gasteiger partial charge in [0.15, 0.2) is 0 Å². The molecule has 0 rings (SSSR count). The molecule has 0 fully saturated rings. The first-order chi connectivity index (χ1) is 6.89. The normalized spacial score (nSPS) is 13.2. The summed E-state index contributed by atoms with van der Waals surface area (Å²) in [6.45, 7) is 14.4. The fourth-order valence-corrected chi connectivity index (χ4v) is 7.19. The third kappa shape index (κ3) is 6.44. The average molecular weight is 251 g/mol. The van der Waals surface area contributed by atoms with Crippen molar-refractivity contribution in [2.45, 2.75) is 40.4 Å². The van der Waals surface area contributed by atoms with Gasteiger partial charge in [-0.1, -0.05) is 19.6 Å². The molecule has 0 aromatic heterocycles. The van der Waals surface area contributed by atoms with Crippen LogP contribution in [-0.2, 0) is 13.3 Å². The second-order valence-electron chi connectivity index (χ2n) is 4.23. The highest BCUT2D eigenvalue weighted by Crippen LogP contribution is 2.10. The van der Waals surface area contributed by atoms with Gasteiger partial charge in [0.2, 0.25) is 0 Å². The van der Waals surface area contributed by atoms with Crippen LogP contribution < -0.4 is 4.65 Å². The first-order valence-corrected chi connectivity index (χ1v) is 10.8. The van der Waals surface area contributed by atoms with E-state index in [1.807, 2.05) is 20.8 Å². The van der Waals surface area contributed by atoms with Crippen LogP contribution in [-0.4, -0.2) is 37.0 Å². The van der Waals surface area contributed by atoms with Crippen molar-refractivity contribution in [1.82, 2.24) is 4.65 Å². The van der Waals surface area contributed by atoms with Gasteiger partial charge in [-0.2, -0.15) is 0 Å². The molecule has 0 aliphatic heterocycles. The summed E-state index contributed by atoms with van der Waals surface area (Å²) in [7, 11) is -4.09. The van der Waals surface area contributed by atoms with Crippen molar-refractivity contribution >= 4 is 17.2 Å². The summed E-state index contributed by atoms with van der Waals surface area (Å²) >= 11 is 0. The van der Waals surface area contributed by atoms with Gasteiger partial charge < -0.3 is 13.3 Å². The zero-order chi connectivity index (χ0) is 11.9. The van der Waals surface area contributed by atoms with Crippen molar-refractivity contribution in [2.75, 3.05) is 19.8 Å². The van der Waals surface area contributed by atoms with Crippen molar-refractivity contribution in [1.29, 1.82) is 0 Å². The Hall–Kier alpha value is 0.274. The summed E-state index contributed by atoms with van der Waals surface area (Å²) < 4.78 is 20.6. The van der Waals surface area contributed by atoms with Gasteiger partial charge >= 0.3 is 8.97 Å². The van der Waals surface area contributed by atoms with Crippen molar-refractivity contribution in [3.63, 3.8) is 0 Å². The molecule has 0 aromatic rings. The summed E-state index contributed by atoms with van der Waals surface area (Å²) in [4.78, 5) is 0. The molecule has 0 radical (unpaired) electrons. The van der Waals surface area contributed by atoms with Crippen LogP contribution in [0.3, 0.4) is 0 Å². The molecule has 6 heteroatoms. The minimum Gasteiger partial charge on any atom is -0.362 e. The van der Waals surface area contributed by atoms with Gasteiger partial charge in [-0.25, -0.2) is 0 Å². The first-order valence-electron chi connectivity index (χ1n) is 5.60. The Morgan fingerprint density at radius 3 is 1.33 bits per heavy atom. The zero-order valence-electron chi connectivity index (χ0n) is 10.8. The maximum absolute atomic E-state index is 5.70. The average Bonchev–Trinajstić information content (AvgIpc) is 2.01. The molecule has 92 valence electrons. The van der Waals surface area contributed by atoms with Crippen molar-refractivity contribution in [3.8, 4) is 0 Å². The molecule has 0 heterocycles. The number of rotatable bonds is 8.